The average molecular weight is 149 g/mol. The lowest BCUT2D eigenvalue weighted by molar-refractivity contribution is 0.402. The first-order valence-corrected chi connectivity index (χ1v) is 3.24. The van der Waals surface area contributed by atoms with Crippen LogP contribution in [0.3, 0.4) is 0 Å². The minimum absolute atomic E-state index is 0.608. The van der Waals surface area contributed by atoms with Crippen molar-refractivity contribution in [3.63, 3.8) is 0 Å². The standard InChI is InChI=1S/C7H7N3O/c1-11-7-5-2-3-8-6(5)9-4-10-7/h2-4H,1H3,(H,8,9,10). The number of hydrogen-bond donors (Lipinski definition) is 1. The SMILES string of the molecule is COc1ncnc2[nH]ccc12. The molecule has 56 valence electrons. The molecule has 0 saturated carbocycles. The monoisotopic (exact) mass is 149 g/mol. The second kappa shape index (κ2) is 2.23. The van der Waals surface area contributed by atoms with Crippen LogP contribution in [0.4, 0.5) is 0 Å². The second-order valence-corrected chi connectivity index (χ2v) is 2.12. The van der Waals surface area contributed by atoms with E-state index in [1.165, 1.54) is 6.33 Å². The largest absolute Gasteiger partial charge is 0.480 e. The van der Waals surface area contributed by atoms with Crippen molar-refractivity contribution < 1.29 is 4.74 Å². The highest BCUT2D eigenvalue weighted by Gasteiger charge is 2.01. The Kier molecular flexibility index (Phi) is 1.25. The number of rotatable bonds is 1. The van der Waals surface area contributed by atoms with Gasteiger partial charge in [-0.15, -0.1) is 0 Å². The summed E-state index contributed by atoms with van der Waals surface area (Å²) in [5.74, 6) is 0.608. The van der Waals surface area contributed by atoms with Crippen molar-refractivity contribution in [1.29, 1.82) is 0 Å². The van der Waals surface area contributed by atoms with Crippen molar-refractivity contribution in [1.82, 2.24) is 15.0 Å². The van der Waals surface area contributed by atoms with E-state index in [4.69, 9.17) is 4.74 Å². The number of nitrogens with zero attached hydrogens (tertiary/aromatic N) is 2. The number of H-pyrrole nitrogens is 1. The maximum absolute atomic E-state index is 5.01. The number of aromatic nitrogens is 3. The van der Waals surface area contributed by atoms with Gasteiger partial charge >= 0.3 is 0 Å². The predicted octanol–water partition coefficient (Wildman–Crippen LogP) is 0.966. The molecular weight excluding hydrogens is 142 g/mol. The van der Waals surface area contributed by atoms with Gasteiger partial charge in [0.15, 0.2) is 0 Å². The van der Waals surface area contributed by atoms with Crippen LogP contribution in [0.2, 0.25) is 0 Å². The summed E-state index contributed by atoms with van der Waals surface area (Å²) in [6, 6.07) is 1.88. The van der Waals surface area contributed by atoms with Crippen molar-refractivity contribution in [3.8, 4) is 5.88 Å². The molecule has 0 atom stereocenters. The summed E-state index contributed by atoms with van der Waals surface area (Å²) >= 11 is 0. The molecule has 0 unspecified atom stereocenters. The second-order valence-electron chi connectivity index (χ2n) is 2.12. The highest BCUT2D eigenvalue weighted by molar-refractivity contribution is 5.80. The van der Waals surface area contributed by atoms with E-state index in [1.54, 1.807) is 7.11 Å². The summed E-state index contributed by atoms with van der Waals surface area (Å²) in [6.45, 7) is 0. The van der Waals surface area contributed by atoms with E-state index >= 15 is 0 Å². The number of methoxy groups -OCH3 is 1. The van der Waals surface area contributed by atoms with Gasteiger partial charge in [0.05, 0.1) is 12.5 Å². The summed E-state index contributed by atoms with van der Waals surface area (Å²) < 4.78 is 5.01. The molecule has 0 aliphatic carbocycles. The molecule has 2 aromatic rings. The maximum atomic E-state index is 5.01. The van der Waals surface area contributed by atoms with E-state index in [2.05, 4.69) is 15.0 Å². The Hall–Kier alpha value is -1.58. The maximum Gasteiger partial charge on any atom is 0.225 e. The molecule has 0 fully saturated rings. The number of fused-ring (bicyclic) bond motifs is 1. The summed E-state index contributed by atoms with van der Waals surface area (Å²) in [6.07, 6.45) is 3.28. The third kappa shape index (κ3) is 0.832. The molecule has 0 bridgehead atoms. The van der Waals surface area contributed by atoms with Crippen LogP contribution in [0.15, 0.2) is 18.6 Å². The summed E-state index contributed by atoms with van der Waals surface area (Å²) in [5, 5.41) is 0.912. The van der Waals surface area contributed by atoms with Gasteiger partial charge in [-0.3, -0.25) is 0 Å². The van der Waals surface area contributed by atoms with Gasteiger partial charge in [0.1, 0.15) is 12.0 Å². The van der Waals surface area contributed by atoms with Crippen molar-refractivity contribution in [2.45, 2.75) is 0 Å². The van der Waals surface area contributed by atoms with E-state index in [0.717, 1.165) is 11.0 Å². The fourth-order valence-electron chi connectivity index (χ4n) is 1.01. The molecule has 0 aliphatic heterocycles. The highest BCUT2D eigenvalue weighted by atomic mass is 16.5. The Labute approximate surface area is 63.2 Å². The fourth-order valence-corrected chi connectivity index (χ4v) is 1.01. The van der Waals surface area contributed by atoms with Crippen molar-refractivity contribution in [2.75, 3.05) is 7.11 Å². The van der Waals surface area contributed by atoms with Crippen LogP contribution in [0.1, 0.15) is 0 Å². The van der Waals surface area contributed by atoms with E-state index in [9.17, 15) is 0 Å². The Morgan fingerprint density at radius 3 is 3.18 bits per heavy atom. The quantitative estimate of drug-likeness (QED) is 0.657. The lowest BCUT2D eigenvalue weighted by atomic mass is 10.4. The minimum atomic E-state index is 0.608. The lowest BCUT2D eigenvalue weighted by Gasteiger charge is -1.96. The Morgan fingerprint density at radius 1 is 1.45 bits per heavy atom. The van der Waals surface area contributed by atoms with Crippen LogP contribution in [0.5, 0.6) is 5.88 Å². The highest BCUT2D eigenvalue weighted by Crippen LogP contribution is 2.18. The molecule has 4 nitrogen and oxygen atoms in total. The summed E-state index contributed by atoms with van der Waals surface area (Å²) in [7, 11) is 1.59. The molecule has 2 aromatic heterocycles. The van der Waals surface area contributed by atoms with E-state index in [-0.39, 0.29) is 0 Å². The summed E-state index contributed by atoms with van der Waals surface area (Å²) in [4.78, 5) is 10.9. The predicted molar refractivity (Wildman–Crippen MR) is 40.4 cm³/mol. The topological polar surface area (TPSA) is 50.8 Å². The molecule has 0 aromatic carbocycles. The van der Waals surface area contributed by atoms with E-state index in [0.29, 0.717) is 5.88 Å². The van der Waals surface area contributed by atoms with Gasteiger partial charge < -0.3 is 9.72 Å². The number of hydrogen-bond acceptors (Lipinski definition) is 3. The van der Waals surface area contributed by atoms with Gasteiger partial charge in [0.2, 0.25) is 5.88 Å². The van der Waals surface area contributed by atoms with Gasteiger partial charge in [0.25, 0.3) is 0 Å². The molecule has 0 amide bonds. The van der Waals surface area contributed by atoms with Gasteiger partial charge in [-0.25, -0.2) is 9.97 Å². The van der Waals surface area contributed by atoms with Crippen molar-refractivity contribution >= 4 is 11.0 Å². The number of ether oxygens (including phenoxy) is 1. The van der Waals surface area contributed by atoms with Crippen LogP contribution in [0.25, 0.3) is 11.0 Å². The normalized spacial score (nSPS) is 10.3. The molecule has 0 saturated heterocycles. The zero-order valence-corrected chi connectivity index (χ0v) is 6.03. The lowest BCUT2D eigenvalue weighted by Crippen LogP contribution is -1.88. The Morgan fingerprint density at radius 2 is 2.36 bits per heavy atom. The minimum Gasteiger partial charge on any atom is -0.480 e. The van der Waals surface area contributed by atoms with Gasteiger partial charge in [-0.2, -0.15) is 0 Å². The van der Waals surface area contributed by atoms with Gasteiger partial charge in [0, 0.05) is 6.20 Å². The first kappa shape index (κ1) is 6.15. The van der Waals surface area contributed by atoms with Crippen LogP contribution >= 0.6 is 0 Å². The molecule has 2 rings (SSSR count). The van der Waals surface area contributed by atoms with Crippen LogP contribution in [-0.2, 0) is 0 Å². The van der Waals surface area contributed by atoms with Gasteiger partial charge in [-0.1, -0.05) is 0 Å². The molecule has 0 radical (unpaired) electrons. The summed E-state index contributed by atoms with van der Waals surface area (Å²) in [5.41, 5.74) is 0.803. The van der Waals surface area contributed by atoms with Crippen molar-refractivity contribution in [2.24, 2.45) is 0 Å². The molecular formula is C7H7N3O. The molecule has 4 heteroatoms. The smallest absolute Gasteiger partial charge is 0.225 e. The number of nitrogens with one attached hydrogen (secondary N) is 1. The molecule has 11 heavy (non-hydrogen) atoms. The zero-order valence-electron chi connectivity index (χ0n) is 6.03. The fraction of sp³-hybridized carbons (Fsp3) is 0.143. The average Bonchev–Trinajstić information content (AvgIpc) is 2.50. The van der Waals surface area contributed by atoms with Crippen LogP contribution < -0.4 is 4.74 Å². The third-order valence-electron chi connectivity index (χ3n) is 1.51. The van der Waals surface area contributed by atoms with Crippen LogP contribution in [0, 0.1) is 0 Å². The Balaban J connectivity index is 2.79. The van der Waals surface area contributed by atoms with Crippen molar-refractivity contribution in [3.05, 3.63) is 18.6 Å². The third-order valence-corrected chi connectivity index (χ3v) is 1.51. The Bertz CT molecular complexity index is 368. The first-order valence-electron chi connectivity index (χ1n) is 3.24. The van der Waals surface area contributed by atoms with Gasteiger partial charge in [-0.05, 0) is 6.07 Å². The first-order chi connectivity index (χ1) is 5.42. The van der Waals surface area contributed by atoms with E-state index in [1.807, 2.05) is 12.3 Å². The molecule has 2 heterocycles. The molecule has 0 spiro atoms. The number of aromatic amines is 1. The zero-order chi connectivity index (χ0) is 7.68. The molecule has 1 N–H and O–H groups in total. The van der Waals surface area contributed by atoms with Crippen LogP contribution in [-0.4, -0.2) is 22.1 Å². The molecule has 0 aliphatic rings. The van der Waals surface area contributed by atoms with E-state index < -0.39 is 0 Å².